The maximum absolute atomic E-state index is 10.9. The molecule has 0 spiro atoms. The van der Waals surface area contributed by atoms with Gasteiger partial charge in [0.2, 0.25) is 0 Å². The average Bonchev–Trinajstić information content (AvgIpc) is 2.05. The van der Waals surface area contributed by atoms with E-state index >= 15 is 0 Å². The van der Waals surface area contributed by atoms with Crippen molar-refractivity contribution < 1.29 is 4.79 Å². The third-order valence-electron chi connectivity index (χ3n) is 1.59. The van der Waals surface area contributed by atoms with Crippen molar-refractivity contribution in [1.29, 1.82) is 0 Å². The molecule has 1 rings (SSSR count). The largest absolute Gasteiger partial charge is 0.276 e. The van der Waals surface area contributed by atoms with Crippen LogP contribution >= 0.6 is 23.2 Å². The molecule has 1 aromatic carbocycles. The first-order valence-corrected chi connectivity index (χ1v) is 4.50. The number of benzene rings is 1. The van der Waals surface area contributed by atoms with Gasteiger partial charge in [-0.1, -0.05) is 18.2 Å². The first-order valence-electron chi connectivity index (χ1n) is 3.59. The average molecular weight is 203 g/mol. The van der Waals surface area contributed by atoms with Crippen molar-refractivity contribution in [3.8, 4) is 0 Å². The van der Waals surface area contributed by atoms with Gasteiger partial charge in [0.05, 0.1) is 0 Å². The maximum atomic E-state index is 10.9. The third kappa shape index (κ3) is 2.23. The van der Waals surface area contributed by atoms with Crippen LogP contribution in [0.25, 0.3) is 0 Å². The number of alkyl halides is 1. The second-order valence-electron chi connectivity index (χ2n) is 2.37. The quantitative estimate of drug-likeness (QED) is 0.545. The molecule has 0 aliphatic carbocycles. The Bertz CT molecular complexity index is 284. The summed E-state index contributed by atoms with van der Waals surface area (Å²) in [6, 6.07) is 7.22. The molecule has 0 radical (unpaired) electrons. The summed E-state index contributed by atoms with van der Waals surface area (Å²) in [5, 5.41) is -0.421. The lowest BCUT2D eigenvalue weighted by atomic mass is 10.1. The first kappa shape index (κ1) is 9.56. The lowest BCUT2D eigenvalue weighted by molar-refractivity contribution is 0.108. The highest BCUT2D eigenvalue weighted by atomic mass is 35.5. The predicted octanol–water partition coefficient (Wildman–Crippen LogP) is 2.85. The van der Waals surface area contributed by atoms with E-state index in [9.17, 15) is 4.79 Å². The predicted molar refractivity (Wildman–Crippen MR) is 51.0 cm³/mol. The molecule has 0 saturated carbocycles. The molecular formula is C9H8Cl2O. The standard InChI is InChI=1S/C9H8Cl2O/c10-6-5-7-3-1-2-4-8(7)9(11)12/h1-4H,5-6H2. The molecule has 0 bridgehead atoms. The number of halogens is 2. The van der Waals surface area contributed by atoms with E-state index in [1.54, 1.807) is 12.1 Å². The summed E-state index contributed by atoms with van der Waals surface area (Å²) in [7, 11) is 0. The van der Waals surface area contributed by atoms with Gasteiger partial charge in [-0.3, -0.25) is 4.79 Å². The van der Waals surface area contributed by atoms with Crippen LogP contribution < -0.4 is 0 Å². The van der Waals surface area contributed by atoms with Crippen molar-refractivity contribution in [1.82, 2.24) is 0 Å². The van der Waals surface area contributed by atoms with Gasteiger partial charge in [0, 0.05) is 11.4 Å². The van der Waals surface area contributed by atoms with E-state index in [-0.39, 0.29) is 0 Å². The summed E-state index contributed by atoms with van der Waals surface area (Å²) in [6.07, 6.45) is 0.677. The third-order valence-corrected chi connectivity index (χ3v) is 1.99. The summed E-state index contributed by atoms with van der Waals surface area (Å²) in [5.41, 5.74) is 1.47. The van der Waals surface area contributed by atoms with Crippen molar-refractivity contribution in [2.24, 2.45) is 0 Å². The van der Waals surface area contributed by atoms with Gasteiger partial charge in [0.15, 0.2) is 0 Å². The molecule has 0 aliphatic rings. The minimum atomic E-state index is -0.421. The highest BCUT2D eigenvalue weighted by molar-refractivity contribution is 6.67. The van der Waals surface area contributed by atoms with Gasteiger partial charge in [-0.25, -0.2) is 0 Å². The van der Waals surface area contributed by atoms with Crippen molar-refractivity contribution >= 4 is 28.4 Å². The van der Waals surface area contributed by atoms with Gasteiger partial charge in [-0.2, -0.15) is 0 Å². The van der Waals surface area contributed by atoms with Crippen LogP contribution in [0.1, 0.15) is 15.9 Å². The topological polar surface area (TPSA) is 17.1 Å². The Morgan fingerprint density at radius 1 is 1.33 bits per heavy atom. The zero-order valence-corrected chi connectivity index (χ0v) is 7.90. The number of carbonyl (C=O) groups excluding carboxylic acids is 1. The van der Waals surface area contributed by atoms with Crippen LogP contribution in [0.2, 0.25) is 0 Å². The number of carbonyl (C=O) groups is 1. The Morgan fingerprint density at radius 2 is 2.00 bits per heavy atom. The Morgan fingerprint density at radius 3 is 2.58 bits per heavy atom. The van der Waals surface area contributed by atoms with E-state index in [2.05, 4.69) is 0 Å². The molecule has 64 valence electrons. The van der Waals surface area contributed by atoms with Gasteiger partial charge in [0.25, 0.3) is 5.24 Å². The van der Waals surface area contributed by atoms with E-state index in [1.165, 1.54) is 0 Å². The monoisotopic (exact) mass is 202 g/mol. The second kappa shape index (κ2) is 4.48. The molecule has 12 heavy (non-hydrogen) atoms. The molecule has 1 nitrogen and oxygen atoms in total. The fourth-order valence-corrected chi connectivity index (χ4v) is 1.42. The van der Waals surface area contributed by atoms with E-state index in [0.717, 1.165) is 5.56 Å². The lowest BCUT2D eigenvalue weighted by Crippen LogP contribution is -1.97. The fraction of sp³-hybridized carbons (Fsp3) is 0.222. The smallest absolute Gasteiger partial charge is 0.252 e. The van der Waals surface area contributed by atoms with Crippen molar-refractivity contribution in [2.75, 3.05) is 5.88 Å². The molecule has 0 aromatic heterocycles. The van der Waals surface area contributed by atoms with Crippen LogP contribution in [-0.4, -0.2) is 11.1 Å². The molecule has 0 unspecified atom stereocenters. The molecule has 1 aromatic rings. The summed E-state index contributed by atoms with van der Waals surface area (Å²) in [6.45, 7) is 0. The second-order valence-corrected chi connectivity index (χ2v) is 3.09. The highest BCUT2D eigenvalue weighted by Crippen LogP contribution is 2.12. The van der Waals surface area contributed by atoms with Crippen LogP contribution in [0.3, 0.4) is 0 Å². The molecule has 0 heterocycles. The Labute approximate surface area is 81.3 Å². The van der Waals surface area contributed by atoms with Gasteiger partial charge < -0.3 is 0 Å². The Hall–Kier alpha value is -0.530. The van der Waals surface area contributed by atoms with Gasteiger partial charge in [-0.05, 0) is 29.7 Å². The Kier molecular flexibility index (Phi) is 3.57. The van der Waals surface area contributed by atoms with Crippen LogP contribution in [0.5, 0.6) is 0 Å². The normalized spacial score (nSPS) is 9.83. The van der Waals surface area contributed by atoms with Crippen LogP contribution in [-0.2, 0) is 6.42 Å². The van der Waals surface area contributed by atoms with Gasteiger partial charge >= 0.3 is 0 Å². The number of hydrogen-bond acceptors (Lipinski definition) is 1. The molecule has 0 N–H and O–H groups in total. The Balaban J connectivity index is 3.00. The number of rotatable bonds is 3. The van der Waals surface area contributed by atoms with Gasteiger partial charge in [-0.15, -0.1) is 11.6 Å². The SMILES string of the molecule is O=C(Cl)c1ccccc1CCCl. The lowest BCUT2D eigenvalue weighted by Gasteiger charge is -2.01. The van der Waals surface area contributed by atoms with E-state index in [1.807, 2.05) is 12.1 Å². The summed E-state index contributed by atoms with van der Waals surface area (Å²) < 4.78 is 0. The van der Waals surface area contributed by atoms with Crippen molar-refractivity contribution in [2.45, 2.75) is 6.42 Å². The van der Waals surface area contributed by atoms with E-state index in [4.69, 9.17) is 23.2 Å². The summed E-state index contributed by atoms with van der Waals surface area (Å²) in [5.74, 6) is 0.501. The molecule has 0 atom stereocenters. The molecule has 0 fully saturated rings. The minimum Gasteiger partial charge on any atom is -0.276 e. The maximum Gasteiger partial charge on any atom is 0.252 e. The van der Waals surface area contributed by atoms with Crippen LogP contribution in [0.4, 0.5) is 0 Å². The number of hydrogen-bond donors (Lipinski definition) is 0. The summed E-state index contributed by atoms with van der Waals surface area (Å²) >= 11 is 10.9. The minimum absolute atomic E-state index is 0.421. The molecular weight excluding hydrogens is 195 g/mol. The molecule has 0 saturated heterocycles. The van der Waals surface area contributed by atoms with Crippen LogP contribution in [0.15, 0.2) is 24.3 Å². The van der Waals surface area contributed by atoms with E-state index < -0.39 is 5.24 Å². The van der Waals surface area contributed by atoms with Crippen molar-refractivity contribution in [3.63, 3.8) is 0 Å². The van der Waals surface area contributed by atoms with Crippen molar-refractivity contribution in [3.05, 3.63) is 35.4 Å². The molecule has 0 amide bonds. The fourth-order valence-electron chi connectivity index (χ4n) is 1.03. The number of aryl methyl sites for hydroxylation is 1. The highest BCUT2D eigenvalue weighted by Gasteiger charge is 2.06. The zero-order chi connectivity index (χ0) is 8.97. The van der Waals surface area contributed by atoms with Gasteiger partial charge in [0.1, 0.15) is 0 Å². The van der Waals surface area contributed by atoms with E-state index in [0.29, 0.717) is 17.9 Å². The first-order chi connectivity index (χ1) is 5.75. The summed E-state index contributed by atoms with van der Waals surface area (Å²) in [4.78, 5) is 10.9. The van der Waals surface area contributed by atoms with Crippen LogP contribution in [0, 0.1) is 0 Å². The molecule has 3 heteroatoms. The molecule has 0 aliphatic heterocycles. The zero-order valence-electron chi connectivity index (χ0n) is 6.39.